The van der Waals surface area contributed by atoms with Gasteiger partial charge >= 0.3 is 0 Å². The number of primary sulfonamides is 1. The second-order valence-corrected chi connectivity index (χ2v) is 8.34. The Morgan fingerprint density at radius 2 is 1.88 bits per heavy atom. The molecule has 3 rings (SSSR count). The van der Waals surface area contributed by atoms with E-state index >= 15 is 0 Å². The number of rotatable bonds is 6. The lowest BCUT2D eigenvalue weighted by molar-refractivity contribution is 0.436. The van der Waals surface area contributed by atoms with Crippen LogP contribution in [0.3, 0.4) is 0 Å². The second kappa shape index (κ2) is 8.01. The SMILES string of the molecule is CC1CCN(c2ccnc(NCCc3ccc(S(N)(=O)=O)cc3)n2)CC1. The molecule has 26 heavy (non-hydrogen) atoms. The first-order chi connectivity index (χ1) is 12.4. The number of nitrogens with one attached hydrogen (secondary N) is 1. The fourth-order valence-corrected chi connectivity index (χ4v) is 3.53. The Morgan fingerprint density at radius 1 is 1.19 bits per heavy atom. The Balaban J connectivity index is 1.54. The van der Waals surface area contributed by atoms with Gasteiger partial charge in [0, 0.05) is 25.8 Å². The van der Waals surface area contributed by atoms with E-state index in [2.05, 4.69) is 27.1 Å². The van der Waals surface area contributed by atoms with Crippen molar-refractivity contribution >= 4 is 21.8 Å². The summed E-state index contributed by atoms with van der Waals surface area (Å²) in [7, 11) is -3.64. The standard InChI is InChI=1S/C18H25N5O2S/c1-14-8-12-23(13-9-14)17-7-11-21-18(22-17)20-10-6-15-2-4-16(5-3-15)26(19,24)25/h2-5,7,11,14H,6,8-10,12-13H2,1H3,(H2,19,24,25)(H,20,21,22). The highest BCUT2D eigenvalue weighted by Gasteiger charge is 2.17. The van der Waals surface area contributed by atoms with Gasteiger partial charge in [-0.1, -0.05) is 19.1 Å². The summed E-state index contributed by atoms with van der Waals surface area (Å²) in [5, 5.41) is 8.34. The van der Waals surface area contributed by atoms with Gasteiger partial charge in [-0.2, -0.15) is 4.98 Å². The molecule has 1 aromatic carbocycles. The Labute approximate surface area is 154 Å². The van der Waals surface area contributed by atoms with Gasteiger partial charge in [0.15, 0.2) is 0 Å². The largest absolute Gasteiger partial charge is 0.356 e. The predicted octanol–water partition coefficient (Wildman–Crippen LogP) is 2.01. The van der Waals surface area contributed by atoms with E-state index in [0.717, 1.165) is 36.8 Å². The van der Waals surface area contributed by atoms with Crippen LogP contribution in [0.2, 0.25) is 0 Å². The molecule has 0 aliphatic carbocycles. The molecule has 1 fully saturated rings. The minimum Gasteiger partial charge on any atom is -0.356 e. The van der Waals surface area contributed by atoms with Crippen LogP contribution in [0.5, 0.6) is 0 Å². The molecule has 2 heterocycles. The van der Waals surface area contributed by atoms with E-state index in [9.17, 15) is 8.42 Å². The Hall–Kier alpha value is -2.19. The molecule has 0 bridgehead atoms. The third-order valence-electron chi connectivity index (χ3n) is 4.70. The number of hydrogen-bond donors (Lipinski definition) is 2. The van der Waals surface area contributed by atoms with E-state index in [4.69, 9.17) is 5.14 Å². The zero-order valence-corrected chi connectivity index (χ0v) is 15.7. The molecule has 1 aliphatic rings. The summed E-state index contributed by atoms with van der Waals surface area (Å²) in [5.74, 6) is 2.36. The predicted molar refractivity (Wildman–Crippen MR) is 103 cm³/mol. The maximum atomic E-state index is 11.3. The zero-order valence-electron chi connectivity index (χ0n) is 14.9. The molecule has 8 heteroatoms. The van der Waals surface area contributed by atoms with Gasteiger partial charge in [0.05, 0.1) is 4.90 Å². The van der Waals surface area contributed by atoms with E-state index in [1.807, 2.05) is 6.07 Å². The number of nitrogens with zero attached hydrogens (tertiary/aromatic N) is 3. The van der Waals surface area contributed by atoms with Crippen LogP contribution in [-0.4, -0.2) is 38.0 Å². The van der Waals surface area contributed by atoms with Crippen LogP contribution in [0.1, 0.15) is 25.3 Å². The lowest BCUT2D eigenvalue weighted by atomic mass is 9.99. The summed E-state index contributed by atoms with van der Waals surface area (Å²) in [6, 6.07) is 8.55. The van der Waals surface area contributed by atoms with Crippen molar-refractivity contribution in [3.05, 3.63) is 42.1 Å². The zero-order chi connectivity index (χ0) is 18.6. The molecule has 1 aromatic heterocycles. The van der Waals surface area contributed by atoms with Crippen LogP contribution in [0, 0.1) is 5.92 Å². The average molecular weight is 375 g/mol. The van der Waals surface area contributed by atoms with Crippen LogP contribution >= 0.6 is 0 Å². The highest BCUT2D eigenvalue weighted by molar-refractivity contribution is 7.89. The van der Waals surface area contributed by atoms with E-state index in [1.54, 1.807) is 18.3 Å². The molecule has 0 amide bonds. The van der Waals surface area contributed by atoms with Gasteiger partial charge in [-0.25, -0.2) is 18.5 Å². The van der Waals surface area contributed by atoms with Crippen molar-refractivity contribution in [1.82, 2.24) is 9.97 Å². The number of aromatic nitrogens is 2. The highest BCUT2D eigenvalue weighted by Crippen LogP contribution is 2.21. The molecular weight excluding hydrogens is 350 g/mol. The van der Waals surface area contributed by atoms with Crippen molar-refractivity contribution in [2.45, 2.75) is 31.1 Å². The van der Waals surface area contributed by atoms with Crippen molar-refractivity contribution in [3.63, 3.8) is 0 Å². The Bertz CT molecular complexity index is 831. The van der Waals surface area contributed by atoms with Crippen LogP contribution in [-0.2, 0) is 16.4 Å². The van der Waals surface area contributed by atoms with Crippen LogP contribution < -0.4 is 15.4 Å². The summed E-state index contributed by atoms with van der Waals surface area (Å²) in [6.45, 7) is 5.02. The number of benzene rings is 1. The molecule has 0 spiro atoms. The first-order valence-electron chi connectivity index (χ1n) is 8.85. The van der Waals surface area contributed by atoms with Crippen LogP contribution in [0.25, 0.3) is 0 Å². The number of piperidine rings is 1. The van der Waals surface area contributed by atoms with Crippen molar-refractivity contribution in [2.24, 2.45) is 11.1 Å². The Morgan fingerprint density at radius 3 is 2.54 bits per heavy atom. The molecule has 140 valence electrons. The van der Waals surface area contributed by atoms with Crippen LogP contribution in [0.4, 0.5) is 11.8 Å². The van der Waals surface area contributed by atoms with E-state index in [0.29, 0.717) is 12.5 Å². The molecule has 3 N–H and O–H groups in total. The smallest absolute Gasteiger partial charge is 0.238 e. The quantitative estimate of drug-likeness (QED) is 0.801. The molecule has 0 unspecified atom stereocenters. The fourth-order valence-electron chi connectivity index (χ4n) is 3.01. The summed E-state index contributed by atoms with van der Waals surface area (Å²) in [6.07, 6.45) is 4.91. The first kappa shape index (κ1) is 18.6. The van der Waals surface area contributed by atoms with E-state index in [-0.39, 0.29) is 4.90 Å². The van der Waals surface area contributed by atoms with Crippen molar-refractivity contribution in [2.75, 3.05) is 29.9 Å². The van der Waals surface area contributed by atoms with Gasteiger partial charge in [0.2, 0.25) is 16.0 Å². The summed E-state index contributed by atoms with van der Waals surface area (Å²) >= 11 is 0. The van der Waals surface area contributed by atoms with Gasteiger partial charge in [0.1, 0.15) is 5.82 Å². The van der Waals surface area contributed by atoms with Gasteiger partial charge < -0.3 is 10.2 Å². The minimum atomic E-state index is -3.64. The van der Waals surface area contributed by atoms with E-state index < -0.39 is 10.0 Å². The monoisotopic (exact) mass is 375 g/mol. The van der Waals surface area contributed by atoms with Crippen molar-refractivity contribution < 1.29 is 8.42 Å². The molecule has 1 aliphatic heterocycles. The minimum absolute atomic E-state index is 0.126. The molecule has 0 radical (unpaired) electrons. The molecule has 2 aromatic rings. The third kappa shape index (κ3) is 4.92. The lowest BCUT2D eigenvalue weighted by Gasteiger charge is -2.31. The molecule has 0 saturated carbocycles. The fraction of sp³-hybridized carbons (Fsp3) is 0.444. The molecule has 7 nitrogen and oxygen atoms in total. The summed E-state index contributed by atoms with van der Waals surface area (Å²) in [5.41, 5.74) is 1.02. The van der Waals surface area contributed by atoms with Gasteiger partial charge in [-0.15, -0.1) is 0 Å². The third-order valence-corrected chi connectivity index (χ3v) is 5.63. The topological polar surface area (TPSA) is 101 Å². The van der Waals surface area contributed by atoms with E-state index in [1.165, 1.54) is 25.0 Å². The summed E-state index contributed by atoms with van der Waals surface area (Å²) < 4.78 is 22.5. The molecule has 1 saturated heterocycles. The van der Waals surface area contributed by atoms with Gasteiger partial charge in [0.25, 0.3) is 0 Å². The number of nitrogens with two attached hydrogens (primary N) is 1. The second-order valence-electron chi connectivity index (χ2n) is 6.77. The normalized spacial score (nSPS) is 15.8. The van der Waals surface area contributed by atoms with Crippen molar-refractivity contribution in [3.8, 4) is 0 Å². The van der Waals surface area contributed by atoms with Crippen LogP contribution in [0.15, 0.2) is 41.4 Å². The molecule has 0 atom stereocenters. The average Bonchev–Trinajstić information content (AvgIpc) is 2.62. The van der Waals surface area contributed by atoms with Crippen molar-refractivity contribution in [1.29, 1.82) is 0 Å². The number of sulfonamides is 1. The maximum absolute atomic E-state index is 11.3. The Kier molecular flexibility index (Phi) is 5.73. The summed E-state index contributed by atoms with van der Waals surface area (Å²) in [4.78, 5) is 11.3. The highest BCUT2D eigenvalue weighted by atomic mass is 32.2. The van der Waals surface area contributed by atoms with Gasteiger partial charge in [-0.3, -0.25) is 0 Å². The number of hydrogen-bond acceptors (Lipinski definition) is 6. The number of anilines is 2. The van der Waals surface area contributed by atoms with Gasteiger partial charge in [-0.05, 0) is 48.9 Å². The maximum Gasteiger partial charge on any atom is 0.238 e. The lowest BCUT2D eigenvalue weighted by Crippen LogP contribution is -2.33. The first-order valence-corrected chi connectivity index (χ1v) is 10.4. The molecular formula is C18H25N5O2S.